The number of nitrogens with zero attached hydrogens (tertiary/aromatic N) is 2. The molecule has 1 aromatic rings. The standard InChI is InChI=1S/C10H16N4O/c1-2-3-5-8(11)10(15)13-9-6-4-7-12-14-9/h4,6-8H,2-3,5,11H2,1H3,(H,13,14,15). The van der Waals surface area contributed by atoms with Gasteiger partial charge in [-0.15, -0.1) is 5.10 Å². The Labute approximate surface area is 89.1 Å². The van der Waals surface area contributed by atoms with Crippen molar-refractivity contribution in [1.82, 2.24) is 10.2 Å². The van der Waals surface area contributed by atoms with Crippen LogP contribution in [-0.4, -0.2) is 22.1 Å². The van der Waals surface area contributed by atoms with Gasteiger partial charge in [0, 0.05) is 6.20 Å². The predicted molar refractivity (Wildman–Crippen MR) is 58.2 cm³/mol. The third kappa shape index (κ3) is 4.03. The van der Waals surface area contributed by atoms with Gasteiger partial charge in [0.1, 0.15) is 0 Å². The van der Waals surface area contributed by atoms with Crippen molar-refractivity contribution >= 4 is 11.7 Å². The molecule has 82 valence electrons. The number of carbonyl (C=O) groups excluding carboxylic acids is 1. The molecule has 5 nitrogen and oxygen atoms in total. The van der Waals surface area contributed by atoms with Crippen LogP contribution in [0, 0.1) is 0 Å². The Morgan fingerprint density at radius 1 is 1.67 bits per heavy atom. The topological polar surface area (TPSA) is 80.9 Å². The van der Waals surface area contributed by atoms with Crippen LogP contribution in [0.4, 0.5) is 5.82 Å². The Morgan fingerprint density at radius 3 is 3.07 bits per heavy atom. The van der Waals surface area contributed by atoms with Crippen LogP contribution < -0.4 is 11.1 Å². The zero-order valence-corrected chi connectivity index (χ0v) is 8.81. The summed E-state index contributed by atoms with van der Waals surface area (Å²) in [5.41, 5.74) is 5.69. The lowest BCUT2D eigenvalue weighted by atomic mass is 10.1. The molecule has 1 heterocycles. The highest BCUT2D eigenvalue weighted by Crippen LogP contribution is 2.02. The molecular formula is C10H16N4O. The fourth-order valence-electron chi connectivity index (χ4n) is 1.14. The van der Waals surface area contributed by atoms with Crippen molar-refractivity contribution in [3.8, 4) is 0 Å². The van der Waals surface area contributed by atoms with Crippen LogP contribution in [0.15, 0.2) is 18.3 Å². The Hall–Kier alpha value is -1.49. The van der Waals surface area contributed by atoms with Gasteiger partial charge in [-0.05, 0) is 18.6 Å². The second kappa shape index (κ2) is 6.08. The molecule has 0 bridgehead atoms. The fourth-order valence-corrected chi connectivity index (χ4v) is 1.14. The molecule has 1 amide bonds. The Balaban J connectivity index is 2.42. The van der Waals surface area contributed by atoms with E-state index in [9.17, 15) is 4.79 Å². The van der Waals surface area contributed by atoms with Gasteiger partial charge in [-0.25, -0.2) is 0 Å². The first-order valence-electron chi connectivity index (χ1n) is 5.08. The molecule has 0 aliphatic rings. The quantitative estimate of drug-likeness (QED) is 0.754. The highest BCUT2D eigenvalue weighted by atomic mass is 16.2. The molecule has 0 spiro atoms. The summed E-state index contributed by atoms with van der Waals surface area (Å²) >= 11 is 0. The smallest absolute Gasteiger partial charge is 0.242 e. The van der Waals surface area contributed by atoms with E-state index in [1.807, 2.05) is 0 Å². The number of nitrogens with two attached hydrogens (primary N) is 1. The van der Waals surface area contributed by atoms with Gasteiger partial charge in [0.25, 0.3) is 0 Å². The summed E-state index contributed by atoms with van der Waals surface area (Å²) in [7, 11) is 0. The zero-order chi connectivity index (χ0) is 11.1. The lowest BCUT2D eigenvalue weighted by molar-refractivity contribution is -0.117. The molecule has 5 heteroatoms. The zero-order valence-electron chi connectivity index (χ0n) is 8.81. The third-order valence-electron chi connectivity index (χ3n) is 2.03. The van der Waals surface area contributed by atoms with Crippen LogP contribution in [0.5, 0.6) is 0 Å². The van der Waals surface area contributed by atoms with E-state index in [0.717, 1.165) is 12.8 Å². The van der Waals surface area contributed by atoms with Crippen LogP contribution >= 0.6 is 0 Å². The molecule has 1 rings (SSSR count). The van der Waals surface area contributed by atoms with Crippen LogP contribution in [0.25, 0.3) is 0 Å². The second-order valence-electron chi connectivity index (χ2n) is 3.35. The maximum absolute atomic E-state index is 11.5. The number of hydrogen-bond acceptors (Lipinski definition) is 4. The van der Waals surface area contributed by atoms with Gasteiger partial charge in [0.05, 0.1) is 6.04 Å². The molecule has 15 heavy (non-hydrogen) atoms. The van der Waals surface area contributed by atoms with Crippen LogP contribution in [0.2, 0.25) is 0 Å². The summed E-state index contributed by atoms with van der Waals surface area (Å²) in [6.45, 7) is 2.06. The normalized spacial score (nSPS) is 12.1. The molecular weight excluding hydrogens is 192 g/mol. The first-order chi connectivity index (χ1) is 7.24. The first kappa shape index (κ1) is 11.6. The monoisotopic (exact) mass is 208 g/mol. The highest BCUT2D eigenvalue weighted by molar-refractivity contribution is 5.93. The van der Waals surface area contributed by atoms with Crippen molar-refractivity contribution in [3.05, 3.63) is 18.3 Å². The van der Waals surface area contributed by atoms with Gasteiger partial charge in [-0.3, -0.25) is 4.79 Å². The minimum absolute atomic E-state index is 0.205. The molecule has 0 radical (unpaired) electrons. The van der Waals surface area contributed by atoms with Crippen molar-refractivity contribution in [3.63, 3.8) is 0 Å². The summed E-state index contributed by atoms with van der Waals surface area (Å²) < 4.78 is 0. The summed E-state index contributed by atoms with van der Waals surface area (Å²) in [6, 6.07) is 2.92. The maximum Gasteiger partial charge on any atom is 0.242 e. The molecule has 0 aliphatic carbocycles. The van der Waals surface area contributed by atoms with Crippen LogP contribution in [-0.2, 0) is 4.79 Å². The van der Waals surface area contributed by atoms with E-state index >= 15 is 0 Å². The van der Waals surface area contributed by atoms with Crippen molar-refractivity contribution < 1.29 is 4.79 Å². The number of rotatable bonds is 5. The molecule has 0 fully saturated rings. The molecule has 0 saturated carbocycles. The van der Waals surface area contributed by atoms with E-state index in [4.69, 9.17) is 5.73 Å². The second-order valence-corrected chi connectivity index (χ2v) is 3.35. The van der Waals surface area contributed by atoms with Gasteiger partial charge < -0.3 is 11.1 Å². The van der Waals surface area contributed by atoms with Gasteiger partial charge in [-0.2, -0.15) is 5.10 Å². The van der Waals surface area contributed by atoms with Crippen molar-refractivity contribution in [1.29, 1.82) is 0 Å². The minimum Gasteiger partial charge on any atom is -0.320 e. The summed E-state index contributed by atoms with van der Waals surface area (Å²) in [6.07, 6.45) is 4.23. The number of aromatic nitrogens is 2. The average molecular weight is 208 g/mol. The van der Waals surface area contributed by atoms with Crippen molar-refractivity contribution in [2.75, 3.05) is 5.32 Å². The van der Waals surface area contributed by atoms with E-state index in [-0.39, 0.29) is 5.91 Å². The largest absolute Gasteiger partial charge is 0.320 e. The molecule has 3 N–H and O–H groups in total. The first-order valence-corrected chi connectivity index (χ1v) is 5.08. The van der Waals surface area contributed by atoms with E-state index in [1.165, 1.54) is 0 Å². The molecule has 1 aromatic heterocycles. The number of amides is 1. The van der Waals surface area contributed by atoms with E-state index in [0.29, 0.717) is 12.2 Å². The Bertz CT molecular complexity index is 302. The van der Waals surface area contributed by atoms with E-state index < -0.39 is 6.04 Å². The lowest BCUT2D eigenvalue weighted by Crippen LogP contribution is -2.35. The maximum atomic E-state index is 11.5. The number of unbranched alkanes of at least 4 members (excludes halogenated alkanes) is 1. The summed E-state index contributed by atoms with van der Waals surface area (Å²) in [4.78, 5) is 11.5. The molecule has 1 atom stereocenters. The average Bonchev–Trinajstić information content (AvgIpc) is 2.27. The lowest BCUT2D eigenvalue weighted by Gasteiger charge is -2.10. The Kier molecular flexibility index (Phi) is 4.70. The summed E-state index contributed by atoms with van der Waals surface area (Å²) in [5, 5.41) is 10.0. The van der Waals surface area contributed by atoms with Gasteiger partial charge in [-0.1, -0.05) is 19.8 Å². The van der Waals surface area contributed by atoms with Gasteiger partial charge >= 0.3 is 0 Å². The molecule has 0 aliphatic heterocycles. The van der Waals surface area contributed by atoms with Crippen molar-refractivity contribution in [2.45, 2.75) is 32.2 Å². The third-order valence-corrected chi connectivity index (χ3v) is 2.03. The number of nitrogens with one attached hydrogen (secondary N) is 1. The van der Waals surface area contributed by atoms with Crippen LogP contribution in [0.3, 0.4) is 0 Å². The highest BCUT2D eigenvalue weighted by Gasteiger charge is 2.12. The van der Waals surface area contributed by atoms with Crippen LogP contribution in [0.1, 0.15) is 26.2 Å². The fraction of sp³-hybridized carbons (Fsp3) is 0.500. The van der Waals surface area contributed by atoms with Gasteiger partial charge in [0.2, 0.25) is 5.91 Å². The minimum atomic E-state index is -0.466. The molecule has 0 aromatic carbocycles. The number of hydrogen-bond donors (Lipinski definition) is 2. The number of carbonyl (C=O) groups is 1. The summed E-state index contributed by atoms with van der Waals surface area (Å²) in [5.74, 6) is 0.235. The SMILES string of the molecule is CCCCC(N)C(=O)Nc1cccnn1. The van der Waals surface area contributed by atoms with Gasteiger partial charge in [0.15, 0.2) is 5.82 Å². The van der Waals surface area contributed by atoms with Crippen molar-refractivity contribution in [2.24, 2.45) is 5.73 Å². The van der Waals surface area contributed by atoms with E-state index in [1.54, 1.807) is 18.3 Å². The number of anilines is 1. The van der Waals surface area contributed by atoms with E-state index in [2.05, 4.69) is 22.4 Å². The molecule has 1 unspecified atom stereocenters. The Morgan fingerprint density at radius 2 is 2.47 bits per heavy atom. The molecule has 0 saturated heterocycles. The predicted octanol–water partition coefficient (Wildman–Crippen LogP) is 0.933.